The predicted molar refractivity (Wildman–Crippen MR) is 45.7 cm³/mol. The van der Waals surface area contributed by atoms with Crippen LogP contribution in [0.5, 0.6) is 0 Å². The molecule has 0 aromatic rings. The Hall–Kier alpha value is -0.250. The molecule has 0 amide bonds. The van der Waals surface area contributed by atoms with Crippen molar-refractivity contribution < 1.29 is 18.3 Å². The minimum atomic E-state index is -4.07. The first-order valence-corrected chi connectivity index (χ1v) is 5.21. The van der Waals surface area contributed by atoms with Crippen LogP contribution in [-0.4, -0.2) is 16.9 Å². The molecule has 82 valence electrons. The Balaban J connectivity index is 1.97. The molecule has 0 radical (unpaired) electrons. The highest BCUT2D eigenvalue weighted by atomic mass is 19.4. The van der Waals surface area contributed by atoms with E-state index in [1.54, 1.807) is 0 Å². The van der Waals surface area contributed by atoms with Gasteiger partial charge in [-0.05, 0) is 38.0 Å². The van der Waals surface area contributed by atoms with Crippen molar-refractivity contribution >= 4 is 0 Å². The first kappa shape index (κ1) is 10.3. The summed E-state index contributed by atoms with van der Waals surface area (Å²) in [5.74, 6) is -1.28. The third-order valence-electron chi connectivity index (χ3n) is 3.66. The normalized spacial score (nSPS) is 36.9. The van der Waals surface area contributed by atoms with Crippen molar-refractivity contribution in [2.45, 2.75) is 50.3 Å². The summed E-state index contributed by atoms with van der Waals surface area (Å²) in [6.07, 6.45) is -0.912. The van der Waals surface area contributed by atoms with E-state index < -0.39 is 17.7 Å². The molecule has 0 aromatic heterocycles. The van der Waals surface area contributed by atoms with Gasteiger partial charge in [0.1, 0.15) is 0 Å². The molecule has 0 aromatic carbocycles. The average Bonchev–Trinajstić information content (AvgIpc) is 2.84. The third-order valence-corrected chi connectivity index (χ3v) is 3.66. The number of hydrogen-bond acceptors (Lipinski definition) is 1. The summed E-state index contributed by atoms with van der Waals surface area (Å²) in [5, 5.41) is 9.77. The van der Waals surface area contributed by atoms with E-state index in [1.807, 2.05) is 0 Å². The van der Waals surface area contributed by atoms with Crippen molar-refractivity contribution in [2.75, 3.05) is 0 Å². The Kier molecular flexibility index (Phi) is 2.29. The first-order chi connectivity index (χ1) is 6.42. The third kappa shape index (κ3) is 1.90. The molecule has 1 nitrogen and oxygen atoms in total. The highest BCUT2D eigenvalue weighted by Crippen LogP contribution is 2.51. The number of alkyl halides is 3. The fraction of sp³-hybridized carbons (Fsp3) is 1.00. The quantitative estimate of drug-likeness (QED) is 0.702. The zero-order valence-corrected chi connectivity index (χ0v) is 7.98. The molecule has 2 fully saturated rings. The van der Waals surface area contributed by atoms with E-state index in [2.05, 4.69) is 0 Å². The Labute approximate surface area is 81.3 Å². The van der Waals surface area contributed by atoms with Crippen molar-refractivity contribution in [1.29, 1.82) is 0 Å². The Morgan fingerprint density at radius 2 is 1.79 bits per heavy atom. The molecule has 2 rings (SSSR count). The fourth-order valence-corrected chi connectivity index (χ4v) is 2.51. The lowest BCUT2D eigenvalue weighted by atomic mass is 9.77. The molecule has 2 atom stereocenters. The second-order valence-electron chi connectivity index (χ2n) is 4.71. The molecule has 4 heteroatoms. The van der Waals surface area contributed by atoms with Crippen molar-refractivity contribution in [3.8, 4) is 0 Å². The number of rotatable bonds is 1. The molecule has 2 aliphatic rings. The molecule has 2 unspecified atom stereocenters. The molecule has 2 aliphatic carbocycles. The van der Waals surface area contributed by atoms with E-state index >= 15 is 0 Å². The SMILES string of the molecule is OC1(C2CCCC(C(F)(F)F)C2)CC1. The van der Waals surface area contributed by atoms with E-state index in [-0.39, 0.29) is 18.8 Å². The highest BCUT2D eigenvalue weighted by molar-refractivity contribution is 5.01. The summed E-state index contributed by atoms with van der Waals surface area (Å²) in [4.78, 5) is 0. The molecular weight excluding hydrogens is 193 g/mol. The molecule has 0 aliphatic heterocycles. The molecule has 14 heavy (non-hydrogen) atoms. The second-order valence-corrected chi connectivity index (χ2v) is 4.71. The number of hydrogen-bond donors (Lipinski definition) is 1. The van der Waals surface area contributed by atoms with Gasteiger partial charge in [-0.1, -0.05) is 6.42 Å². The van der Waals surface area contributed by atoms with Crippen LogP contribution in [0.4, 0.5) is 13.2 Å². The van der Waals surface area contributed by atoms with Gasteiger partial charge in [0.2, 0.25) is 0 Å². The predicted octanol–water partition coefficient (Wildman–Crippen LogP) is 2.88. The summed E-state index contributed by atoms with van der Waals surface area (Å²) in [6, 6.07) is 0. The zero-order chi connectivity index (χ0) is 10.4. The van der Waals surface area contributed by atoms with Gasteiger partial charge in [0, 0.05) is 0 Å². The van der Waals surface area contributed by atoms with E-state index in [9.17, 15) is 18.3 Å². The lowest BCUT2D eigenvalue weighted by Gasteiger charge is -2.33. The minimum absolute atomic E-state index is 0.108. The standard InChI is InChI=1S/C10H15F3O/c11-10(12,13)8-3-1-2-7(6-8)9(14)4-5-9/h7-8,14H,1-6H2. The molecule has 0 heterocycles. The zero-order valence-electron chi connectivity index (χ0n) is 7.98. The summed E-state index contributed by atoms with van der Waals surface area (Å²) in [7, 11) is 0. The van der Waals surface area contributed by atoms with Gasteiger partial charge < -0.3 is 5.11 Å². The average molecular weight is 208 g/mol. The van der Waals surface area contributed by atoms with E-state index in [1.165, 1.54) is 0 Å². The summed E-state index contributed by atoms with van der Waals surface area (Å²) < 4.78 is 37.3. The summed E-state index contributed by atoms with van der Waals surface area (Å²) in [5.41, 5.74) is -0.732. The topological polar surface area (TPSA) is 20.2 Å². The molecule has 0 saturated heterocycles. The van der Waals surface area contributed by atoms with E-state index in [0.29, 0.717) is 19.3 Å². The van der Waals surface area contributed by atoms with Crippen LogP contribution in [0, 0.1) is 11.8 Å². The van der Waals surface area contributed by atoms with E-state index in [0.717, 1.165) is 6.42 Å². The number of halogens is 3. The van der Waals surface area contributed by atoms with Crippen LogP contribution in [-0.2, 0) is 0 Å². The van der Waals surface area contributed by atoms with Crippen molar-refractivity contribution in [2.24, 2.45) is 11.8 Å². The maximum Gasteiger partial charge on any atom is 0.391 e. The van der Waals surface area contributed by atoms with E-state index in [4.69, 9.17) is 0 Å². The van der Waals surface area contributed by atoms with Crippen molar-refractivity contribution in [3.63, 3.8) is 0 Å². The second kappa shape index (κ2) is 3.12. The number of aliphatic hydroxyl groups is 1. The van der Waals surface area contributed by atoms with Crippen LogP contribution in [0.1, 0.15) is 38.5 Å². The van der Waals surface area contributed by atoms with Crippen molar-refractivity contribution in [1.82, 2.24) is 0 Å². The Bertz CT molecular complexity index is 209. The maximum atomic E-state index is 12.4. The fourth-order valence-electron chi connectivity index (χ4n) is 2.51. The minimum Gasteiger partial charge on any atom is -0.390 e. The van der Waals surface area contributed by atoms with Gasteiger partial charge in [0.15, 0.2) is 0 Å². The van der Waals surface area contributed by atoms with Gasteiger partial charge in [-0.3, -0.25) is 0 Å². The van der Waals surface area contributed by atoms with Crippen LogP contribution in [0.15, 0.2) is 0 Å². The van der Waals surface area contributed by atoms with Crippen LogP contribution in [0.25, 0.3) is 0 Å². The lowest BCUT2D eigenvalue weighted by molar-refractivity contribution is -0.189. The molecule has 0 spiro atoms. The summed E-state index contributed by atoms with van der Waals surface area (Å²) >= 11 is 0. The molecule has 1 N–H and O–H groups in total. The molecule has 2 saturated carbocycles. The van der Waals surface area contributed by atoms with Gasteiger partial charge in [0.05, 0.1) is 11.5 Å². The van der Waals surface area contributed by atoms with Gasteiger partial charge in [-0.2, -0.15) is 13.2 Å². The molecular formula is C10H15F3O. The van der Waals surface area contributed by atoms with Crippen LogP contribution < -0.4 is 0 Å². The van der Waals surface area contributed by atoms with Gasteiger partial charge in [0.25, 0.3) is 0 Å². The first-order valence-electron chi connectivity index (χ1n) is 5.21. The van der Waals surface area contributed by atoms with Crippen LogP contribution in [0.2, 0.25) is 0 Å². The highest BCUT2D eigenvalue weighted by Gasteiger charge is 2.52. The van der Waals surface area contributed by atoms with Crippen LogP contribution >= 0.6 is 0 Å². The Morgan fingerprint density at radius 3 is 2.29 bits per heavy atom. The van der Waals surface area contributed by atoms with Gasteiger partial charge in [-0.25, -0.2) is 0 Å². The maximum absolute atomic E-state index is 12.4. The molecule has 0 bridgehead atoms. The smallest absolute Gasteiger partial charge is 0.390 e. The lowest BCUT2D eigenvalue weighted by Crippen LogP contribution is -2.34. The summed E-state index contributed by atoms with van der Waals surface area (Å²) in [6.45, 7) is 0. The Morgan fingerprint density at radius 1 is 1.14 bits per heavy atom. The largest absolute Gasteiger partial charge is 0.391 e. The van der Waals surface area contributed by atoms with Gasteiger partial charge in [-0.15, -0.1) is 0 Å². The monoisotopic (exact) mass is 208 g/mol. The van der Waals surface area contributed by atoms with Gasteiger partial charge >= 0.3 is 6.18 Å². The van der Waals surface area contributed by atoms with Crippen LogP contribution in [0.3, 0.4) is 0 Å². The van der Waals surface area contributed by atoms with Crippen molar-refractivity contribution in [3.05, 3.63) is 0 Å².